The number of hydrogen-bond donors (Lipinski definition) is 2. The van der Waals surface area contributed by atoms with E-state index in [0.29, 0.717) is 25.3 Å². The van der Waals surface area contributed by atoms with Gasteiger partial charge in [0.15, 0.2) is 6.61 Å². The van der Waals surface area contributed by atoms with E-state index < -0.39 is 0 Å². The molecule has 18 heavy (non-hydrogen) atoms. The summed E-state index contributed by atoms with van der Waals surface area (Å²) in [5.41, 5.74) is 7.21. The largest absolute Gasteiger partial charge is 0.482 e. The maximum atomic E-state index is 11.4. The molecule has 0 radical (unpaired) electrons. The zero-order valence-corrected chi connectivity index (χ0v) is 10.6. The molecule has 1 aromatic rings. The molecule has 1 amide bonds. The fourth-order valence-corrected chi connectivity index (χ4v) is 1.43. The normalized spacial score (nSPS) is 9.89. The lowest BCUT2D eigenvalue weighted by Crippen LogP contribution is -2.29. The van der Waals surface area contributed by atoms with Crippen molar-refractivity contribution >= 4 is 5.91 Å². The first-order valence-corrected chi connectivity index (χ1v) is 5.84. The minimum absolute atomic E-state index is 0.0316. The predicted molar refractivity (Wildman–Crippen MR) is 70.4 cm³/mol. The molecule has 0 aliphatic carbocycles. The summed E-state index contributed by atoms with van der Waals surface area (Å²) in [4.78, 5) is 15.7. The molecular formula is C13H19N3O2. The van der Waals surface area contributed by atoms with Gasteiger partial charge in [-0.05, 0) is 25.6 Å². The van der Waals surface area contributed by atoms with Crippen LogP contribution < -0.4 is 15.8 Å². The van der Waals surface area contributed by atoms with Crippen molar-refractivity contribution in [3.63, 3.8) is 0 Å². The van der Waals surface area contributed by atoms with E-state index in [2.05, 4.69) is 16.9 Å². The van der Waals surface area contributed by atoms with Crippen LogP contribution in [0.1, 0.15) is 11.4 Å². The van der Waals surface area contributed by atoms with E-state index >= 15 is 0 Å². The monoisotopic (exact) mass is 249 g/mol. The average Bonchev–Trinajstić information content (AvgIpc) is 2.36. The number of amides is 1. The second kappa shape index (κ2) is 7.45. The van der Waals surface area contributed by atoms with Crippen molar-refractivity contribution < 1.29 is 9.53 Å². The lowest BCUT2D eigenvalue weighted by molar-refractivity contribution is -0.122. The van der Waals surface area contributed by atoms with Crippen LogP contribution in [0.3, 0.4) is 0 Å². The van der Waals surface area contributed by atoms with E-state index in [4.69, 9.17) is 10.5 Å². The number of nitrogens with one attached hydrogen (secondary N) is 1. The van der Waals surface area contributed by atoms with Crippen LogP contribution in [0.15, 0.2) is 24.8 Å². The van der Waals surface area contributed by atoms with Crippen molar-refractivity contribution in [1.82, 2.24) is 10.3 Å². The van der Waals surface area contributed by atoms with E-state index in [-0.39, 0.29) is 12.5 Å². The van der Waals surface area contributed by atoms with E-state index in [0.717, 1.165) is 11.4 Å². The average molecular weight is 249 g/mol. The smallest absolute Gasteiger partial charge is 0.258 e. The highest BCUT2D eigenvalue weighted by Crippen LogP contribution is 2.17. The Morgan fingerprint density at radius 1 is 1.61 bits per heavy atom. The second-order valence-corrected chi connectivity index (χ2v) is 3.82. The molecule has 0 atom stereocenters. The second-order valence-electron chi connectivity index (χ2n) is 3.82. The highest BCUT2D eigenvalue weighted by molar-refractivity contribution is 5.77. The van der Waals surface area contributed by atoms with Crippen molar-refractivity contribution in [2.45, 2.75) is 13.3 Å². The number of nitrogens with zero attached hydrogens (tertiary/aromatic N) is 1. The summed E-state index contributed by atoms with van der Waals surface area (Å²) >= 11 is 0. The van der Waals surface area contributed by atoms with Crippen LogP contribution in [0, 0.1) is 6.92 Å². The van der Waals surface area contributed by atoms with Crippen molar-refractivity contribution in [3.05, 3.63) is 36.2 Å². The van der Waals surface area contributed by atoms with E-state index in [1.54, 1.807) is 6.08 Å². The molecule has 0 unspecified atom stereocenters. The van der Waals surface area contributed by atoms with Gasteiger partial charge in [-0.2, -0.15) is 0 Å². The van der Waals surface area contributed by atoms with Gasteiger partial charge in [0.05, 0.1) is 5.69 Å². The highest BCUT2D eigenvalue weighted by Gasteiger charge is 2.07. The van der Waals surface area contributed by atoms with Gasteiger partial charge in [0.25, 0.3) is 5.91 Å². The number of carbonyl (C=O) groups is 1. The Labute approximate surface area is 107 Å². The van der Waals surface area contributed by atoms with Crippen LogP contribution in [-0.4, -0.2) is 30.6 Å². The van der Waals surface area contributed by atoms with E-state index in [9.17, 15) is 4.79 Å². The first kappa shape index (κ1) is 14.2. The maximum absolute atomic E-state index is 11.4. The Balaban J connectivity index is 2.60. The lowest BCUT2D eigenvalue weighted by Gasteiger charge is -2.10. The molecule has 1 heterocycles. The molecule has 0 aliphatic rings. The number of aryl methyl sites for hydroxylation is 1. The van der Waals surface area contributed by atoms with Crippen molar-refractivity contribution in [3.8, 4) is 5.75 Å². The summed E-state index contributed by atoms with van der Waals surface area (Å²) in [6.45, 7) is 6.32. The Bertz CT molecular complexity index is 419. The number of ether oxygens (including phenoxy) is 1. The molecule has 0 bridgehead atoms. The van der Waals surface area contributed by atoms with Gasteiger partial charge >= 0.3 is 0 Å². The minimum Gasteiger partial charge on any atom is -0.482 e. The third-order valence-corrected chi connectivity index (χ3v) is 2.26. The third kappa shape index (κ3) is 4.55. The molecule has 0 saturated carbocycles. The van der Waals surface area contributed by atoms with Crippen LogP contribution in [0.4, 0.5) is 0 Å². The molecule has 0 spiro atoms. The molecule has 0 aromatic carbocycles. The number of nitrogens with two attached hydrogens (primary N) is 1. The fourth-order valence-electron chi connectivity index (χ4n) is 1.43. The number of carbonyl (C=O) groups excluding carboxylic acids is 1. The first-order chi connectivity index (χ1) is 8.67. The Kier molecular flexibility index (Phi) is 5.87. The third-order valence-electron chi connectivity index (χ3n) is 2.26. The van der Waals surface area contributed by atoms with E-state index in [1.807, 2.05) is 19.1 Å². The van der Waals surface area contributed by atoms with Gasteiger partial charge in [-0.1, -0.05) is 6.08 Å². The summed E-state index contributed by atoms with van der Waals surface area (Å²) in [5, 5.41) is 2.64. The molecule has 5 heteroatoms. The topological polar surface area (TPSA) is 77.2 Å². The molecule has 1 rings (SSSR count). The van der Waals surface area contributed by atoms with Gasteiger partial charge in [-0.3, -0.25) is 9.78 Å². The van der Waals surface area contributed by atoms with Gasteiger partial charge in [0.2, 0.25) is 0 Å². The SMILES string of the molecule is C=CCNC(=O)COc1ccc(C)nc1CCN. The van der Waals surface area contributed by atoms with Gasteiger partial charge in [-0.15, -0.1) is 6.58 Å². The van der Waals surface area contributed by atoms with Crippen molar-refractivity contribution in [2.75, 3.05) is 19.7 Å². The van der Waals surface area contributed by atoms with Gasteiger partial charge in [-0.25, -0.2) is 0 Å². The maximum Gasteiger partial charge on any atom is 0.258 e. The molecule has 98 valence electrons. The fraction of sp³-hybridized carbons (Fsp3) is 0.385. The molecule has 0 saturated heterocycles. The predicted octanol–water partition coefficient (Wildman–Crippen LogP) is 0.572. The van der Waals surface area contributed by atoms with Gasteiger partial charge in [0.1, 0.15) is 5.75 Å². The van der Waals surface area contributed by atoms with Gasteiger partial charge in [0, 0.05) is 18.7 Å². The quantitative estimate of drug-likeness (QED) is 0.693. The van der Waals surface area contributed by atoms with Crippen LogP contribution in [-0.2, 0) is 11.2 Å². The van der Waals surface area contributed by atoms with Gasteiger partial charge < -0.3 is 15.8 Å². The van der Waals surface area contributed by atoms with Crippen LogP contribution in [0.2, 0.25) is 0 Å². The number of pyridine rings is 1. The molecule has 0 aliphatic heterocycles. The summed E-state index contributed by atoms with van der Waals surface area (Å²) in [6.07, 6.45) is 2.25. The molecule has 0 fully saturated rings. The van der Waals surface area contributed by atoms with Crippen LogP contribution >= 0.6 is 0 Å². The minimum atomic E-state index is -0.186. The first-order valence-electron chi connectivity index (χ1n) is 5.84. The van der Waals surface area contributed by atoms with Crippen LogP contribution in [0.25, 0.3) is 0 Å². The Morgan fingerprint density at radius 3 is 3.06 bits per heavy atom. The summed E-state index contributed by atoms with van der Waals surface area (Å²) in [5.74, 6) is 0.425. The zero-order chi connectivity index (χ0) is 13.4. The summed E-state index contributed by atoms with van der Waals surface area (Å²) < 4.78 is 5.44. The lowest BCUT2D eigenvalue weighted by atomic mass is 10.2. The summed E-state index contributed by atoms with van der Waals surface area (Å²) in [6, 6.07) is 3.66. The Morgan fingerprint density at radius 2 is 2.39 bits per heavy atom. The molecule has 3 N–H and O–H groups in total. The zero-order valence-electron chi connectivity index (χ0n) is 10.6. The molecule has 5 nitrogen and oxygen atoms in total. The highest BCUT2D eigenvalue weighted by atomic mass is 16.5. The standard InChI is InChI=1S/C13H19N3O2/c1-3-8-15-13(17)9-18-12-5-4-10(2)16-11(12)6-7-14/h3-5H,1,6-9,14H2,2H3,(H,15,17). The Hall–Kier alpha value is -1.88. The van der Waals surface area contributed by atoms with Crippen molar-refractivity contribution in [2.24, 2.45) is 5.73 Å². The molecule has 1 aromatic heterocycles. The van der Waals surface area contributed by atoms with Crippen LogP contribution in [0.5, 0.6) is 5.75 Å². The van der Waals surface area contributed by atoms with E-state index in [1.165, 1.54) is 0 Å². The summed E-state index contributed by atoms with van der Waals surface area (Å²) in [7, 11) is 0. The number of hydrogen-bond acceptors (Lipinski definition) is 4. The molecular weight excluding hydrogens is 230 g/mol. The number of rotatable bonds is 7. The number of aromatic nitrogens is 1. The van der Waals surface area contributed by atoms with Crippen molar-refractivity contribution in [1.29, 1.82) is 0 Å².